The van der Waals surface area contributed by atoms with Gasteiger partial charge in [0, 0.05) is 51.7 Å². The monoisotopic (exact) mass is 339 g/mol. The molecule has 0 unspecified atom stereocenters. The van der Waals surface area contributed by atoms with Crippen LogP contribution in [0.5, 0.6) is 0 Å². The van der Waals surface area contributed by atoms with Crippen LogP contribution in [0.2, 0.25) is 0 Å². The number of anilines is 2. The second-order valence-corrected chi connectivity index (χ2v) is 6.56. The first kappa shape index (κ1) is 18.6. The summed E-state index contributed by atoms with van der Waals surface area (Å²) in [7, 11) is 8.32. The number of quaternary nitrogens is 1. The Kier molecular flexibility index (Phi) is 6.14. The number of rotatable bonds is 2. The van der Waals surface area contributed by atoms with Crippen LogP contribution in [0.25, 0.3) is 0 Å². The number of hydrogen-bond donors (Lipinski definition) is 1. The maximum Gasteiger partial charge on any atom is 0.148 e. The van der Waals surface area contributed by atoms with Crippen molar-refractivity contribution in [2.45, 2.75) is 9.79 Å². The Hall–Kier alpha value is -1.40. The van der Waals surface area contributed by atoms with Gasteiger partial charge in [0.25, 0.3) is 0 Å². The summed E-state index contributed by atoms with van der Waals surface area (Å²) in [5, 5.41) is 2.28. The molecular formula is C16H22ClN3OS. The van der Waals surface area contributed by atoms with Gasteiger partial charge in [0.1, 0.15) is 11.4 Å². The second-order valence-electron chi connectivity index (χ2n) is 5.48. The van der Waals surface area contributed by atoms with Crippen molar-refractivity contribution in [3.8, 4) is 0 Å². The zero-order valence-corrected chi connectivity index (χ0v) is 14.8. The predicted octanol–water partition coefficient (Wildman–Crippen LogP) is -1.01. The third-order valence-corrected chi connectivity index (χ3v) is 4.70. The minimum atomic E-state index is 0. The van der Waals surface area contributed by atoms with E-state index in [1.165, 1.54) is 32.5 Å². The highest BCUT2D eigenvalue weighted by molar-refractivity contribution is 7.99. The molecule has 4 nitrogen and oxygen atoms in total. The first-order valence-electron chi connectivity index (χ1n) is 6.70. The van der Waals surface area contributed by atoms with E-state index in [1.54, 1.807) is 0 Å². The lowest BCUT2D eigenvalue weighted by Gasteiger charge is -2.21. The molecule has 0 spiro atoms. The number of benzene rings is 2. The topological polar surface area (TPSA) is 54.6 Å². The standard InChI is InChI=1S/C16H19N3S.ClH.H2O/c1-18(2)11-5-7-13-15(9-11)20-16-10-12(19(3)4)6-8-14(16)17-13;;/h5-10,17H,1-4H3;1H;1H2. The van der Waals surface area contributed by atoms with Crippen LogP contribution < -0.4 is 27.5 Å². The van der Waals surface area contributed by atoms with Crippen LogP contribution in [-0.4, -0.2) is 33.7 Å². The van der Waals surface area contributed by atoms with Gasteiger partial charge in [0.2, 0.25) is 0 Å². The minimum absolute atomic E-state index is 0. The highest BCUT2D eigenvalue weighted by Crippen LogP contribution is 2.41. The molecule has 0 radical (unpaired) electrons. The number of halogens is 1. The fourth-order valence-electron chi connectivity index (χ4n) is 2.30. The van der Waals surface area contributed by atoms with Crippen molar-refractivity contribution >= 4 is 34.5 Å². The van der Waals surface area contributed by atoms with E-state index < -0.39 is 0 Å². The summed E-state index contributed by atoms with van der Waals surface area (Å²) in [4.78, 5) is 6.96. The molecule has 1 heterocycles. The van der Waals surface area contributed by atoms with Crippen LogP contribution in [0.3, 0.4) is 0 Å². The molecule has 0 fully saturated rings. The first-order chi connectivity index (χ1) is 9.54. The third kappa shape index (κ3) is 3.50. The Morgan fingerprint density at radius 3 is 1.55 bits per heavy atom. The van der Waals surface area contributed by atoms with Crippen LogP contribution >= 0.6 is 11.8 Å². The number of fused-ring (bicyclic) bond motifs is 2. The smallest absolute Gasteiger partial charge is 0.148 e. The largest absolute Gasteiger partial charge is 1.00 e. The van der Waals surface area contributed by atoms with Crippen LogP contribution in [0.4, 0.5) is 22.7 Å². The first-order valence-corrected chi connectivity index (χ1v) is 7.51. The molecule has 4 N–H and O–H groups in total. The van der Waals surface area contributed by atoms with E-state index in [2.05, 4.69) is 79.7 Å². The van der Waals surface area contributed by atoms with Crippen LogP contribution in [0, 0.1) is 0 Å². The quantitative estimate of drug-likeness (QED) is 0.609. The van der Waals surface area contributed by atoms with Gasteiger partial charge in [-0.05, 0) is 24.3 Å². The van der Waals surface area contributed by atoms with E-state index in [9.17, 15) is 0 Å². The molecule has 2 aromatic carbocycles. The van der Waals surface area contributed by atoms with Crippen molar-refractivity contribution in [2.24, 2.45) is 0 Å². The van der Waals surface area contributed by atoms with Gasteiger partial charge in [-0.2, -0.15) is 0 Å². The number of hydrogen-bond acceptors (Lipinski definition) is 3. The molecule has 1 aliphatic rings. The van der Waals surface area contributed by atoms with Gasteiger partial charge in [-0.3, -0.25) is 5.32 Å². The number of nitrogens with two attached hydrogens (primary N) is 1. The van der Waals surface area contributed by atoms with Crippen molar-refractivity contribution in [1.82, 2.24) is 0 Å². The van der Waals surface area contributed by atoms with E-state index in [0.29, 0.717) is 0 Å². The predicted molar refractivity (Wildman–Crippen MR) is 90.5 cm³/mol. The van der Waals surface area contributed by atoms with Gasteiger partial charge in [-0.25, -0.2) is 0 Å². The molecule has 0 aromatic heterocycles. The van der Waals surface area contributed by atoms with Gasteiger partial charge >= 0.3 is 0 Å². The normalized spacial score (nSPS) is 11.5. The Bertz CT molecular complexity index is 606. The van der Waals surface area contributed by atoms with Crippen LogP contribution in [-0.2, 0) is 0 Å². The van der Waals surface area contributed by atoms with Crippen molar-refractivity contribution in [3.05, 3.63) is 36.4 Å². The molecule has 22 heavy (non-hydrogen) atoms. The van der Waals surface area contributed by atoms with Gasteiger partial charge in [-0.15, -0.1) is 0 Å². The number of nitrogens with zero attached hydrogens (tertiary/aromatic N) is 2. The maximum absolute atomic E-state index is 2.28. The maximum atomic E-state index is 2.28. The summed E-state index contributed by atoms with van der Waals surface area (Å²) >= 11 is 1.86. The molecule has 0 atom stereocenters. The SMILES string of the molecule is CN(C)c1ccc2c(c1)Sc1cc(N(C)C)ccc1[NH2+]2.O.[Cl-]. The Morgan fingerprint density at radius 1 is 0.773 bits per heavy atom. The van der Waals surface area contributed by atoms with Gasteiger partial charge in [-0.1, -0.05) is 11.8 Å². The second kappa shape index (κ2) is 7.24. The lowest BCUT2D eigenvalue weighted by Crippen LogP contribution is -3.00. The van der Waals surface area contributed by atoms with Crippen molar-refractivity contribution < 1.29 is 23.2 Å². The molecular weight excluding hydrogens is 318 g/mol. The average Bonchev–Trinajstić information content (AvgIpc) is 2.43. The molecule has 3 rings (SSSR count). The molecule has 0 bridgehead atoms. The molecule has 0 aliphatic carbocycles. The highest BCUT2D eigenvalue weighted by atomic mass is 35.5. The minimum Gasteiger partial charge on any atom is -1.00 e. The summed E-state index contributed by atoms with van der Waals surface area (Å²) in [5.41, 5.74) is 5.12. The summed E-state index contributed by atoms with van der Waals surface area (Å²) in [6, 6.07) is 13.3. The molecule has 1 aliphatic heterocycles. The summed E-state index contributed by atoms with van der Waals surface area (Å²) in [6.45, 7) is 0. The van der Waals surface area contributed by atoms with Crippen molar-refractivity contribution in [3.63, 3.8) is 0 Å². The molecule has 120 valence electrons. The van der Waals surface area contributed by atoms with E-state index in [4.69, 9.17) is 0 Å². The van der Waals surface area contributed by atoms with Crippen LogP contribution in [0.15, 0.2) is 46.2 Å². The van der Waals surface area contributed by atoms with Gasteiger partial charge in [0.15, 0.2) is 0 Å². The zero-order chi connectivity index (χ0) is 14.3. The molecule has 0 saturated heterocycles. The zero-order valence-electron chi connectivity index (χ0n) is 13.2. The fourth-order valence-corrected chi connectivity index (χ4v) is 3.39. The van der Waals surface area contributed by atoms with E-state index in [1.807, 2.05) is 11.8 Å². The van der Waals surface area contributed by atoms with E-state index in [-0.39, 0.29) is 17.9 Å². The average molecular weight is 340 g/mol. The lowest BCUT2D eigenvalue weighted by atomic mass is 10.2. The summed E-state index contributed by atoms with van der Waals surface area (Å²) in [6.07, 6.45) is 0. The molecule has 6 heteroatoms. The third-order valence-electron chi connectivity index (χ3n) is 3.56. The van der Waals surface area contributed by atoms with Gasteiger partial charge < -0.3 is 27.7 Å². The highest BCUT2D eigenvalue weighted by Gasteiger charge is 2.21. The van der Waals surface area contributed by atoms with Crippen molar-refractivity contribution in [2.75, 3.05) is 38.0 Å². The lowest BCUT2D eigenvalue weighted by molar-refractivity contribution is -0.485. The van der Waals surface area contributed by atoms with Crippen LogP contribution in [0.1, 0.15) is 0 Å². The molecule has 0 saturated carbocycles. The summed E-state index contributed by atoms with van der Waals surface area (Å²) in [5.74, 6) is 0. The fraction of sp³-hybridized carbons (Fsp3) is 0.250. The van der Waals surface area contributed by atoms with Gasteiger partial charge in [0.05, 0.1) is 9.79 Å². The Balaban J connectivity index is 0.00000121. The Labute approximate surface area is 142 Å². The summed E-state index contributed by atoms with van der Waals surface area (Å²) < 4.78 is 0. The Morgan fingerprint density at radius 2 is 1.18 bits per heavy atom. The molecule has 2 aromatic rings. The molecule has 0 amide bonds. The van der Waals surface area contributed by atoms with Crippen molar-refractivity contribution in [1.29, 1.82) is 0 Å². The van der Waals surface area contributed by atoms with E-state index >= 15 is 0 Å². The van der Waals surface area contributed by atoms with E-state index in [0.717, 1.165) is 0 Å².